The van der Waals surface area contributed by atoms with Crippen molar-refractivity contribution >= 4 is 36.0 Å². The Hall–Kier alpha value is -2.38. The predicted octanol–water partition coefficient (Wildman–Crippen LogP) is 0.462. The van der Waals surface area contributed by atoms with Gasteiger partial charge in [0.15, 0.2) is 11.6 Å². The van der Waals surface area contributed by atoms with Gasteiger partial charge in [-0.15, -0.1) is 0 Å². The highest BCUT2D eigenvalue weighted by Gasteiger charge is 2.51. The summed E-state index contributed by atoms with van der Waals surface area (Å²) < 4.78 is 0. The van der Waals surface area contributed by atoms with Crippen molar-refractivity contribution in [3.8, 4) is 0 Å². The quantitative estimate of drug-likeness (QED) is 0.559. The van der Waals surface area contributed by atoms with Gasteiger partial charge in [0.25, 0.3) is 0 Å². The average molecular weight is 250 g/mol. The second kappa shape index (κ2) is 4.13. The van der Waals surface area contributed by atoms with Crippen LogP contribution in [-0.4, -0.2) is 40.3 Å². The number of carboxylic acid groups (broad SMARTS) is 1. The zero-order valence-corrected chi connectivity index (χ0v) is 9.90. The number of nitrogens with two attached hydrogens (primary N) is 1. The molecule has 18 heavy (non-hydrogen) atoms. The van der Waals surface area contributed by atoms with Crippen LogP contribution in [0.3, 0.4) is 0 Å². The van der Waals surface area contributed by atoms with Gasteiger partial charge < -0.3 is 21.5 Å². The molecule has 1 aromatic heterocycles. The van der Waals surface area contributed by atoms with Crippen molar-refractivity contribution in [1.29, 1.82) is 0 Å². The fourth-order valence-electron chi connectivity index (χ4n) is 1.63. The van der Waals surface area contributed by atoms with E-state index < -0.39 is 11.5 Å². The molecule has 0 unspecified atom stereocenters. The van der Waals surface area contributed by atoms with Crippen LogP contribution in [0.15, 0.2) is 4.99 Å². The number of anilines is 3. The van der Waals surface area contributed by atoms with Crippen LogP contribution in [0.4, 0.5) is 23.3 Å². The first-order chi connectivity index (χ1) is 8.52. The minimum atomic E-state index is -0.967. The first-order valence-electron chi connectivity index (χ1n) is 5.36. The summed E-state index contributed by atoms with van der Waals surface area (Å²) in [7, 11) is 1.66. The van der Waals surface area contributed by atoms with Gasteiger partial charge in [0, 0.05) is 7.05 Å². The van der Waals surface area contributed by atoms with E-state index in [1.54, 1.807) is 7.05 Å². The molecule has 1 heterocycles. The summed E-state index contributed by atoms with van der Waals surface area (Å²) in [5.41, 5.74) is 4.96. The lowest BCUT2D eigenvalue weighted by atomic mass is 10.2. The summed E-state index contributed by atoms with van der Waals surface area (Å²) in [6, 6.07) is 0. The van der Waals surface area contributed by atoms with Crippen LogP contribution in [0.25, 0.3) is 0 Å². The van der Waals surface area contributed by atoms with Gasteiger partial charge in [-0.2, -0.15) is 9.97 Å². The summed E-state index contributed by atoms with van der Waals surface area (Å²) in [5.74, 6) is -0.195. The number of hydrogen-bond acceptors (Lipinski definition) is 7. The first-order valence-corrected chi connectivity index (χ1v) is 5.36. The molecule has 2 rings (SSSR count). The van der Waals surface area contributed by atoms with E-state index in [4.69, 9.17) is 10.8 Å². The maximum absolute atomic E-state index is 11.1. The lowest BCUT2D eigenvalue weighted by molar-refractivity contribution is -0.138. The summed E-state index contributed by atoms with van der Waals surface area (Å²) in [6.45, 7) is 3.43. The fourth-order valence-corrected chi connectivity index (χ4v) is 1.63. The average Bonchev–Trinajstić information content (AvgIpc) is 3.09. The van der Waals surface area contributed by atoms with Crippen LogP contribution >= 0.6 is 0 Å². The number of nitrogens with zero attached hydrogens (tertiary/aromatic N) is 3. The topological polar surface area (TPSA) is 126 Å². The van der Waals surface area contributed by atoms with Crippen molar-refractivity contribution in [2.24, 2.45) is 4.99 Å². The molecule has 0 aromatic carbocycles. The lowest BCUT2D eigenvalue weighted by Gasteiger charge is -2.16. The third-order valence-corrected chi connectivity index (χ3v) is 2.81. The molecule has 0 saturated heterocycles. The Balaban J connectivity index is 2.41. The first kappa shape index (κ1) is 12.1. The van der Waals surface area contributed by atoms with Gasteiger partial charge in [0.1, 0.15) is 11.2 Å². The van der Waals surface area contributed by atoms with Crippen LogP contribution in [0, 0.1) is 0 Å². The zero-order chi connectivity index (χ0) is 13.3. The van der Waals surface area contributed by atoms with Crippen molar-refractivity contribution in [3.05, 3.63) is 0 Å². The van der Waals surface area contributed by atoms with Crippen molar-refractivity contribution in [2.45, 2.75) is 18.4 Å². The van der Waals surface area contributed by atoms with E-state index in [0.29, 0.717) is 24.3 Å². The van der Waals surface area contributed by atoms with E-state index in [2.05, 4.69) is 32.3 Å². The molecule has 5 N–H and O–H groups in total. The number of carbonyl (C=O) groups is 1. The molecule has 1 aliphatic rings. The smallest absolute Gasteiger partial charge is 0.329 e. The minimum absolute atomic E-state index is 0.0374. The fraction of sp³-hybridized carbons (Fsp3) is 0.400. The molecule has 0 amide bonds. The molecule has 0 spiro atoms. The predicted molar refractivity (Wildman–Crippen MR) is 68.4 cm³/mol. The van der Waals surface area contributed by atoms with Crippen LogP contribution in [0.2, 0.25) is 0 Å². The third-order valence-electron chi connectivity index (χ3n) is 2.81. The number of hydrogen-bond donors (Lipinski definition) is 4. The summed E-state index contributed by atoms with van der Waals surface area (Å²) >= 11 is 0. The lowest BCUT2D eigenvalue weighted by Crippen LogP contribution is -2.32. The van der Waals surface area contributed by atoms with Gasteiger partial charge in [-0.25, -0.2) is 4.79 Å². The normalized spacial score (nSPS) is 15.8. The van der Waals surface area contributed by atoms with Crippen LogP contribution < -0.4 is 16.4 Å². The third kappa shape index (κ3) is 1.92. The van der Waals surface area contributed by atoms with Crippen LogP contribution in [-0.2, 0) is 4.79 Å². The van der Waals surface area contributed by atoms with Crippen molar-refractivity contribution in [1.82, 2.24) is 9.97 Å². The Morgan fingerprint density at radius 1 is 1.50 bits per heavy atom. The number of nitrogen functional groups attached to an aromatic ring is 1. The Bertz CT molecular complexity index is 511. The van der Waals surface area contributed by atoms with Gasteiger partial charge in [-0.1, -0.05) is 0 Å². The Labute approximate surface area is 103 Å². The Kier molecular flexibility index (Phi) is 2.77. The molecule has 1 aliphatic carbocycles. The second-order valence-corrected chi connectivity index (χ2v) is 4.05. The molecule has 8 heteroatoms. The molecule has 96 valence electrons. The van der Waals surface area contributed by atoms with Crippen molar-refractivity contribution in [2.75, 3.05) is 23.4 Å². The van der Waals surface area contributed by atoms with E-state index in [1.807, 2.05) is 0 Å². The van der Waals surface area contributed by atoms with Gasteiger partial charge in [0.05, 0.1) is 0 Å². The van der Waals surface area contributed by atoms with Crippen LogP contribution in [0.1, 0.15) is 12.8 Å². The molecular weight excluding hydrogens is 236 g/mol. The number of aromatic nitrogens is 2. The van der Waals surface area contributed by atoms with Gasteiger partial charge >= 0.3 is 5.97 Å². The molecule has 1 fully saturated rings. The SMILES string of the molecule is C=Nc1c(NC)nc(N)nc1NC1(C(=O)O)CC1. The van der Waals surface area contributed by atoms with E-state index >= 15 is 0 Å². The highest BCUT2D eigenvalue weighted by Crippen LogP contribution is 2.42. The molecule has 8 nitrogen and oxygen atoms in total. The largest absolute Gasteiger partial charge is 0.480 e. The zero-order valence-electron chi connectivity index (χ0n) is 9.90. The monoisotopic (exact) mass is 250 g/mol. The van der Waals surface area contributed by atoms with Gasteiger partial charge in [-0.3, -0.25) is 4.99 Å². The van der Waals surface area contributed by atoms with E-state index in [9.17, 15) is 4.79 Å². The minimum Gasteiger partial charge on any atom is -0.480 e. The Morgan fingerprint density at radius 3 is 2.56 bits per heavy atom. The molecule has 0 bridgehead atoms. The van der Waals surface area contributed by atoms with Crippen molar-refractivity contribution < 1.29 is 9.90 Å². The van der Waals surface area contributed by atoms with E-state index in [0.717, 1.165) is 0 Å². The number of carboxylic acids is 1. The van der Waals surface area contributed by atoms with Crippen molar-refractivity contribution in [3.63, 3.8) is 0 Å². The van der Waals surface area contributed by atoms with E-state index in [1.165, 1.54) is 0 Å². The van der Waals surface area contributed by atoms with E-state index in [-0.39, 0.29) is 11.8 Å². The van der Waals surface area contributed by atoms with Crippen LogP contribution in [0.5, 0.6) is 0 Å². The Morgan fingerprint density at radius 2 is 2.11 bits per heavy atom. The standard InChI is InChI=1S/C10H14N6O2/c1-12-5-6(13-2)14-9(11)15-7(5)16-10(3-4-10)8(17)18/h1,3-4H2,2H3,(H,17,18)(H4,11,13,14,15,16). The molecule has 1 aromatic rings. The maximum atomic E-state index is 11.1. The number of nitrogens with one attached hydrogen (secondary N) is 2. The highest BCUT2D eigenvalue weighted by molar-refractivity contribution is 5.88. The number of aliphatic imine (C=N–C) groups is 1. The maximum Gasteiger partial charge on any atom is 0.329 e. The molecule has 0 atom stereocenters. The summed E-state index contributed by atoms with van der Waals surface area (Å²) in [6.07, 6.45) is 1.08. The number of aliphatic carboxylic acids is 1. The van der Waals surface area contributed by atoms with Gasteiger partial charge in [0.2, 0.25) is 5.95 Å². The number of rotatable bonds is 5. The molecule has 0 radical (unpaired) electrons. The molecule has 1 saturated carbocycles. The highest BCUT2D eigenvalue weighted by atomic mass is 16.4. The van der Waals surface area contributed by atoms with Gasteiger partial charge in [-0.05, 0) is 19.6 Å². The second-order valence-electron chi connectivity index (χ2n) is 4.05. The summed E-state index contributed by atoms with van der Waals surface area (Å²) in [4.78, 5) is 22.9. The molecule has 0 aliphatic heterocycles. The summed E-state index contributed by atoms with van der Waals surface area (Å²) in [5, 5.41) is 14.8. The molecular formula is C10H14N6O2.